The molecule has 1 heterocycles. The molecule has 0 spiro atoms. The summed E-state index contributed by atoms with van der Waals surface area (Å²) in [4.78, 5) is 27.6. The maximum absolute atomic E-state index is 12.0. The zero-order valence-corrected chi connectivity index (χ0v) is 15.4. The van der Waals surface area contributed by atoms with E-state index in [-0.39, 0.29) is 11.9 Å². The largest absolute Gasteiger partial charge is 0.496 e. The molecule has 2 amide bonds. The molecule has 1 aromatic carbocycles. The number of carbonyl (C=O) groups excluding carboxylic acids is 2. The second-order valence-electron chi connectivity index (χ2n) is 6.28. The molecule has 0 bridgehead atoms. The van der Waals surface area contributed by atoms with E-state index in [1.165, 1.54) is 18.2 Å². The molecular formula is C18H27N3O4. The molecule has 7 heteroatoms. The Morgan fingerprint density at radius 1 is 1.20 bits per heavy atom. The predicted octanol–water partition coefficient (Wildman–Crippen LogP) is 1.39. The summed E-state index contributed by atoms with van der Waals surface area (Å²) in [5.74, 6) is 0.569. The average molecular weight is 349 g/mol. The van der Waals surface area contributed by atoms with Crippen molar-refractivity contribution in [3.63, 3.8) is 0 Å². The summed E-state index contributed by atoms with van der Waals surface area (Å²) >= 11 is 0. The number of amides is 2. The first kappa shape index (κ1) is 19.2. The topological polar surface area (TPSA) is 71.1 Å². The number of rotatable bonds is 5. The van der Waals surface area contributed by atoms with Crippen LogP contribution in [0.1, 0.15) is 18.1 Å². The highest BCUT2D eigenvalue weighted by Crippen LogP contribution is 2.22. The Labute approximate surface area is 148 Å². The van der Waals surface area contributed by atoms with E-state index in [0.717, 1.165) is 38.5 Å². The molecule has 1 fully saturated rings. The third kappa shape index (κ3) is 5.17. The van der Waals surface area contributed by atoms with Crippen molar-refractivity contribution in [1.82, 2.24) is 15.1 Å². The molecule has 2 rings (SSSR count). The number of methoxy groups -OCH3 is 2. The van der Waals surface area contributed by atoms with Gasteiger partial charge in [0.25, 0.3) is 0 Å². The summed E-state index contributed by atoms with van der Waals surface area (Å²) in [7, 11) is 2.93. The number of piperazine rings is 1. The summed E-state index contributed by atoms with van der Waals surface area (Å²) in [6.07, 6.45) is -0.720. The van der Waals surface area contributed by atoms with E-state index in [9.17, 15) is 9.59 Å². The predicted molar refractivity (Wildman–Crippen MR) is 94.6 cm³/mol. The van der Waals surface area contributed by atoms with Crippen molar-refractivity contribution in [2.24, 2.45) is 0 Å². The summed E-state index contributed by atoms with van der Waals surface area (Å²) < 4.78 is 9.91. The van der Waals surface area contributed by atoms with Gasteiger partial charge in [-0.2, -0.15) is 0 Å². The van der Waals surface area contributed by atoms with Gasteiger partial charge in [0.2, 0.25) is 5.91 Å². The lowest BCUT2D eigenvalue weighted by atomic mass is 10.1. The van der Waals surface area contributed by atoms with Gasteiger partial charge in [-0.1, -0.05) is 17.7 Å². The maximum atomic E-state index is 12.0. The quantitative estimate of drug-likeness (QED) is 0.866. The number of ether oxygens (including phenoxy) is 2. The molecule has 1 aliphatic rings. The lowest BCUT2D eigenvalue weighted by molar-refractivity contribution is -0.125. The number of hydrogen-bond acceptors (Lipinski definition) is 6. The summed E-state index contributed by atoms with van der Waals surface area (Å²) in [5, 5.41) is 2.23. The van der Waals surface area contributed by atoms with Gasteiger partial charge >= 0.3 is 6.09 Å². The Morgan fingerprint density at radius 2 is 1.88 bits per heavy atom. The van der Waals surface area contributed by atoms with Crippen LogP contribution in [0, 0.1) is 6.92 Å². The summed E-state index contributed by atoms with van der Waals surface area (Å²) in [5.41, 5.74) is 2.38. The van der Waals surface area contributed by atoms with Gasteiger partial charge < -0.3 is 9.47 Å². The smallest absolute Gasteiger partial charge is 0.413 e. The molecular weight excluding hydrogens is 322 g/mol. The van der Waals surface area contributed by atoms with Gasteiger partial charge in [0.05, 0.1) is 20.3 Å². The van der Waals surface area contributed by atoms with Crippen LogP contribution in [0.15, 0.2) is 18.2 Å². The zero-order valence-electron chi connectivity index (χ0n) is 15.4. The molecule has 0 radical (unpaired) electrons. The van der Waals surface area contributed by atoms with Crippen LogP contribution < -0.4 is 10.1 Å². The fourth-order valence-corrected chi connectivity index (χ4v) is 3.00. The van der Waals surface area contributed by atoms with E-state index in [1.54, 1.807) is 14.0 Å². The normalized spacial score (nSPS) is 17.0. The number of nitrogens with zero attached hydrogens (tertiary/aromatic N) is 2. The van der Waals surface area contributed by atoms with Crippen molar-refractivity contribution in [3.05, 3.63) is 29.3 Å². The molecule has 1 atom stereocenters. The van der Waals surface area contributed by atoms with Crippen LogP contribution in [-0.4, -0.2) is 68.2 Å². The number of carbonyl (C=O) groups is 2. The van der Waals surface area contributed by atoms with Crippen LogP contribution in [0.5, 0.6) is 5.75 Å². The second kappa shape index (κ2) is 8.82. The molecule has 1 aromatic rings. The van der Waals surface area contributed by atoms with Crippen LogP contribution in [0.25, 0.3) is 0 Å². The minimum absolute atomic E-state index is 0.333. The van der Waals surface area contributed by atoms with Gasteiger partial charge in [0.15, 0.2) is 0 Å². The lowest BCUT2D eigenvalue weighted by Crippen LogP contribution is -2.54. The van der Waals surface area contributed by atoms with Crippen molar-refractivity contribution >= 4 is 12.0 Å². The van der Waals surface area contributed by atoms with E-state index in [4.69, 9.17) is 4.74 Å². The van der Waals surface area contributed by atoms with Gasteiger partial charge in [0, 0.05) is 38.3 Å². The van der Waals surface area contributed by atoms with Gasteiger partial charge in [-0.3, -0.25) is 19.9 Å². The molecule has 7 nitrogen and oxygen atoms in total. The van der Waals surface area contributed by atoms with Gasteiger partial charge in [-0.25, -0.2) is 4.79 Å². The van der Waals surface area contributed by atoms with Crippen LogP contribution in [-0.2, 0) is 16.1 Å². The monoisotopic (exact) mass is 349 g/mol. The highest BCUT2D eigenvalue weighted by molar-refractivity contribution is 5.94. The van der Waals surface area contributed by atoms with Crippen LogP contribution >= 0.6 is 0 Å². The molecule has 0 saturated carbocycles. The Kier molecular flexibility index (Phi) is 6.78. The first-order chi connectivity index (χ1) is 11.9. The molecule has 1 aliphatic heterocycles. The lowest BCUT2D eigenvalue weighted by Gasteiger charge is -2.37. The van der Waals surface area contributed by atoms with Crippen LogP contribution in [0.3, 0.4) is 0 Å². The standard InChI is InChI=1S/C18H27N3O4/c1-13-5-6-16(24-3)15(11-13)12-20-7-9-21(10-8-20)14(2)17(22)19-18(23)25-4/h5-6,11,14H,7-10,12H2,1-4H3,(H,19,22,23)/t14-/m1/s1. The first-order valence-corrected chi connectivity index (χ1v) is 8.43. The molecule has 0 unspecified atom stereocenters. The minimum Gasteiger partial charge on any atom is -0.496 e. The zero-order chi connectivity index (χ0) is 18.4. The van der Waals surface area contributed by atoms with Crippen molar-refractivity contribution < 1.29 is 19.1 Å². The van der Waals surface area contributed by atoms with Crippen LogP contribution in [0.2, 0.25) is 0 Å². The van der Waals surface area contributed by atoms with Gasteiger partial charge in [0.1, 0.15) is 5.75 Å². The Balaban J connectivity index is 1.88. The molecule has 1 saturated heterocycles. The molecule has 0 aliphatic carbocycles. The van der Waals surface area contributed by atoms with Crippen molar-refractivity contribution in [2.75, 3.05) is 40.4 Å². The van der Waals surface area contributed by atoms with Crippen molar-refractivity contribution in [3.8, 4) is 5.75 Å². The highest BCUT2D eigenvalue weighted by Gasteiger charge is 2.27. The van der Waals surface area contributed by atoms with E-state index < -0.39 is 6.09 Å². The Hall–Kier alpha value is -2.12. The molecule has 25 heavy (non-hydrogen) atoms. The fraction of sp³-hybridized carbons (Fsp3) is 0.556. The number of hydrogen-bond donors (Lipinski definition) is 1. The SMILES string of the molecule is COC(=O)NC(=O)[C@@H](C)N1CCN(Cc2cc(C)ccc2OC)CC1. The van der Waals surface area contributed by atoms with E-state index in [1.807, 2.05) is 12.1 Å². The number of nitrogens with one attached hydrogen (secondary N) is 1. The van der Waals surface area contributed by atoms with E-state index >= 15 is 0 Å². The number of benzene rings is 1. The number of aryl methyl sites for hydroxylation is 1. The summed E-state index contributed by atoms with van der Waals surface area (Å²) in [6.45, 7) is 7.94. The van der Waals surface area contributed by atoms with E-state index in [0.29, 0.717) is 0 Å². The Bertz CT molecular complexity index is 612. The average Bonchev–Trinajstić information content (AvgIpc) is 2.61. The van der Waals surface area contributed by atoms with Gasteiger partial charge in [-0.05, 0) is 19.9 Å². The minimum atomic E-state index is -0.720. The Morgan fingerprint density at radius 3 is 2.48 bits per heavy atom. The summed E-state index contributed by atoms with van der Waals surface area (Å²) in [6, 6.07) is 5.83. The third-order valence-electron chi connectivity index (χ3n) is 4.57. The van der Waals surface area contributed by atoms with Crippen molar-refractivity contribution in [1.29, 1.82) is 0 Å². The molecule has 1 N–H and O–H groups in total. The second-order valence-corrected chi connectivity index (χ2v) is 6.28. The van der Waals surface area contributed by atoms with E-state index in [2.05, 4.69) is 32.8 Å². The third-order valence-corrected chi connectivity index (χ3v) is 4.57. The maximum Gasteiger partial charge on any atom is 0.413 e. The molecule has 138 valence electrons. The number of imide groups is 1. The highest BCUT2D eigenvalue weighted by atomic mass is 16.5. The number of alkyl carbamates (subject to hydrolysis) is 1. The van der Waals surface area contributed by atoms with Crippen molar-refractivity contribution in [2.45, 2.75) is 26.4 Å². The first-order valence-electron chi connectivity index (χ1n) is 8.43. The molecule has 0 aromatic heterocycles. The fourth-order valence-electron chi connectivity index (χ4n) is 3.00. The van der Waals surface area contributed by atoms with Crippen LogP contribution in [0.4, 0.5) is 4.79 Å². The van der Waals surface area contributed by atoms with Gasteiger partial charge in [-0.15, -0.1) is 0 Å².